The van der Waals surface area contributed by atoms with Gasteiger partial charge in [0.15, 0.2) is 6.61 Å². The number of likely N-dealkylation sites (tertiary alicyclic amines) is 1. The van der Waals surface area contributed by atoms with E-state index in [2.05, 4.69) is 20.8 Å². The monoisotopic (exact) mass is 357 g/mol. The number of hydrogen-bond acceptors (Lipinski definition) is 3. The van der Waals surface area contributed by atoms with Gasteiger partial charge >= 0.3 is 5.97 Å². The van der Waals surface area contributed by atoms with Crippen LogP contribution in [0, 0.1) is 24.7 Å². The molecule has 1 saturated heterocycles. The maximum absolute atomic E-state index is 12.6. The second-order valence-electron chi connectivity index (χ2n) is 9.49. The summed E-state index contributed by atoms with van der Waals surface area (Å²) in [6.45, 7) is 11.6. The van der Waals surface area contributed by atoms with E-state index >= 15 is 0 Å². The molecule has 1 aliphatic carbocycles. The fraction of sp³-hybridized carbons (Fsp3) is 0.636. The first-order valence-electron chi connectivity index (χ1n) is 9.58. The number of hydrogen-bond donors (Lipinski definition) is 0. The van der Waals surface area contributed by atoms with E-state index in [1.165, 1.54) is 5.56 Å². The second kappa shape index (κ2) is 6.71. The molecule has 1 aliphatic heterocycles. The molecule has 1 amide bonds. The first-order chi connectivity index (χ1) is 12.1. The highest BCUT2D eigenvalue weighted by Gasteiger charge is 2.50. The average molecular weight is 357 g/mol. The van der Waals surface area contributed by atoms with Gasteiger partial charge in [-0.25, -0.2) is 0 Å². The van der Waals surface area contributed by atoms with Crippen molar-refractivity contribution in [3.05, 3.63) is 34.9 Å². The first kappa shape index (κ1) is 18.9. The number of aryl methyl sites for hydroxylation is 2. The second-order valence-corrected chi connectivity index (χ2v) is 9.49. The van der Waals surface area contributed by atoms with Gasteiger partial charge in [-0.15, -0.1) is 0 Å². The number of ether oxygens (including phenoxy) is 1. The minimum Gasteiger partial charge on any atom is -0.455 e. The van der Waals surface area contributed by atoms with Crippen LogP contribution in [0.25, 0.3) is 0 Å². The summed E-state index contributed by atoms with van der Waals surface area (Å²) in [5.74, 6) is -0.389. The maximum Gasteiger partial charge on any atom is 0.310 e. The molecule has 1 aromatic rings. The Kier molecular flexibility index (Phi) is 4.89. The van der Waals surface area contributed by atoms with Crippen molar-refractivity contribution in [3.8, 4) is 0 Å². The molecule has 2 atom stereocenters. The lowest BCUT2D eigenvalue weighted by molar-refractivity contribution is -0.152. The summed E-state index contributed by atoms with van der Waals surface area (Å²) in [5, 5.41) is 0. The van der Waals surface area contributed by atoms with Gasteiger partial charge in [0.05, 0.1) is 6.42 Å². The molecule has 0 radical (unpaired) electrons. The number of amides is 1. The topological polar surface area (TPSA) is 46.6 Å². The Bertz CT molecular complexity index is 724. The van der Waals surface area contributed by atoms with E-state index in [0.29, 0.717) is 0 Å². The molecule has 3 rings (SSSR count). The van der Waals surface area contributed by atoms with Crippen molar-refractivity contribution in [1.82, 2.24) is 4.90 Å². The highest BCUT2D eigenvalue weighted by molar-refractivity contribution is 5.82. The first-order valence-corrected chi connectivity index (χ1v) is 9.58. The molecule has 2 aliphatic rings. The molecule has 2 bridgehead atoms. The van der Waals surface area contributed by atoms with Gasteiger partial charge in [-0.05, 0) is 60.6 Å². The van der Waals surface area contributed by atoms with Crippen molar-refractivity contribution in [2.75, 3.05) is 13.2 Å². The molecule has 0 N–H and O–H groups in total. The van der Waals surface area contributed by atoms with E-state index in [9.17, 15) is 9.59 Å². The molecule has 1 heterocycles. The van der Waals surface area contributed by atoms with Crippen molar-refractivity contribution in [2.45, 2.75) is 66.3 Å². The number of fused-ring (bicyclic) bond motifs is 2. The van der Waals surface area contributed by atoms with Crippen LogP contribution in [0.3, 0.4) is 0 Å². The third kappa shape index (κ3) is 4.11. The summed E-state index contributed by atoms with van der Waals surface area (Å²) in [6.07, 6.45) is 3.46. The minimum absolute atomic E-state index is 0.0511. The number of nitrogens with zero attached hydrogens (tertiary/aromatic N) is 1. The fourth-order valence-electron chi connectivity index (χ4n) is 5.11. The highest BCUT2D eigenvalue weighted by Crippen LogP contribution is 2.52. The smallest absolute Gasteiger partial charge is 0.310 e. The predicted octanol–water partition coefficient (Wildman–Crippen LogP) is 3.82. The summed E-state index contributed by atoms with van der Waals surface area (Å²) in [7, 11) is 0. The molecule has 1 aromatic carbocycles. The van der Waals surface area contributed by atoms with Gasteiger partial charge in [0.1, 0.15) is 0 Å². The van der Waals surface area contributed by atoms with E-state index in [1.54, 1.807) is 0 Å². The van der Waals surface area contributed by atoms with Gasteiger partial charge in [0, 0.05) is 12.6 Å². The van der Waals surface area contributed by atoms with Crippen LogP contribution in [0.15, 0.2) is 18.2 Å². The lowest BCUT2D eigenvalue weighted by Crippen LogP contribution is -2.39. The quantitative estimate of drug-likeness (QED) is 0.770. The van der Waals surface area contributed by atoms with Crippen LogP contribution in [-0.2, 0) is 20.7 Å². The fourth-order valence-corrected chi connectivity index (χ4v) is 5.11. The van der Waals surface area contributed by atoms with Crippen molar-refractivity contribution < 1.29 is 14.3 Å². The van der Waals surface area contributed by atoms with Crippen LogP contribution >= 0.6 is 0 Å². The molecule has 4 heteroatoms. The standard InChI is InChI=1S/C22H31NO3/c1-15-6-7-17(8-16(15)2)9-20(25)26-12-19(24)23-14-22(5)11-18(23)10-21(3,4)13-22/h6-8,18H,9-14H2,1-5H3/t18-,22-/m1/s1. The normalized spacial score (nSPS) is 26.7. The third-order valence-electron chi connectivity index (χ3n) is 6.01. The summed E-state index contributed by atoms with van der Waals surface area (Å²) >= 11 is 0. The van der Waals surface area contributed by atoms with E-state index in [0.717, 1.165) is 36.9 Å². The zero-order chi connectivity index (χ0) is 19.1. The zero-order valence-electron chi connectivity index (χ0n) is 16.7. The van der Waals surface area contributed by atoms with Gasteiger partial charge in [-0.2, -0.15) is 0 Å². The van der Waals surface area contributed by atoms with Crippen molar-refractivity contribution in [2.24, 2.45) is 10.8 Å². The van der Waals surface area contributed by atoms with E-state index in [1.807, 2.05) is 36.9 Å². The van der Waals surface area contributed by atoms with Crippen LogP contribution in [0.2, 0.25) is 0 Å². The summed E-state index contributed by atoms with van der Waals surface area (Å²) in [5.41, 5.74) is 3.76. The molecule has 4 nitrogen and oxygen atoms in total. The number of carbonyl (C=O) groups is 2. The average Bonchev–Trinajstić information content (AvgIpc) is 2.77. The Balaban J connectivity index is 1.54. The SMILES string of the molecule is Cc1ccc(CC(=O)OCC(=O)N2C[C@]3(C)C[C@H]2CC(C)(C)C3)cc1C. The van der Waals surface area contributed by atoms with Crippen molar-refractivity contribution in [3.63, 3.8) is 0 Å². The van der Waals surface area contributed by atoms with Crippen LogP contribution in [0.1, 0.15) is 56.7 Å². The molecule has 0 unspecified atom stereocenters. The molecular weight excluding hydrogens is 326 g/mol. The van der Waals surface area contributed by atoms with Gasteiger partial charge in [0.2, 0.25) is 0 Å². The minimum atomic E-state index is -0.338. The van der Waals surface area contributed by atoms with E-state index in [-0.39, 0.29) is 41.8 Å². The number of carbonyl (C=O) groups excluding carboxylic acids is 2. The lowest BCUT2D eigenvalue weighted by Gasteiger charge is -2.39. The van der Waals surface area contributed by atoms with Gasteiger partial charge in [-0.3, -0.25) is 9.59 Å². The van der Waals surface area contributed by atoms with Crippen LogP contribution in [-0.4, -0.2) is 36.0 Å². The molecule has 0 aromatic heterocycles. The number of benzene rings is 1. The number of esters is 1. The van der Waals surface area contributed by atoms with Gasteiger partial charge < -0.3 is 9.64 Å². The Morgan fingerprint density at radius 3 is 2.58 bits per heavy atom. The Morgan fingerprint density at radius 1 is 1.15 bits per heavy atom. The summed E-state index contributed by atoms with van der Waals surface area (Å²) in [4.78, 5) is 26.7. The van der Waals surface area contributed by atoms with Gasteiger partial charge in [0.25, 0.3) is 5.91 Å². The van der Waals surface area contributed by atoms with Crippen LogP contribution in [0.5, 0.6) is 0 Å². The predicted molar refractivity (Wildman–Crippen MR) is 102 cm³/mol. The Morgan fingerprint density at radius 2 is 1.88 bits per heavy atom. The number of rotatable bonds is 4. The molecule has 0 spiro atoms. The van der Waals surface area contributed by atoms with Crippen LogP contribution in [0.4, 0.5) is 0 Å². The van der Waals surface area contributed by atoms with Gasteiger partial charge in [-0.1, -0.05) is 39.0 Å². The molecule has 2 fully saturated rings. The Hall–Kier alpha value is -1.84. The lowest BCUT2D eigenvalue weighted by atomic mass is 9.65. The van der Waals surface area contributed by atoms with E-state index < -0.39 is 0 Å². The summed E-state index contributed by atoms with van der Waals surface area (Å²) in [6, 6.07) is 6.24. The highest BCUT2D eigenvalue weighted by atomic mass is 16.5. The van der Waals surface area contributed by atoms with Crippen molar-refractivity contribution >= 4 is 11.9 Å². The van der Waals surface area contributed by atoms with E-state index in [4.69, 9.17) is 4.74 Å². The molecular formula is C22H31NO3. The third-order valence-corrected chi connectivity index (χ3v) is 6.01. The summed E-state index contributed by atoms with van der Waals surface area (Å²) < 4.78 is 5.29. The maximum atomic E-state index is 12.6. The molecule has 1 saturated carbocycles. The van der Waals surface area contributed by atoms with Crippen LogP contribution < -0.4 is 0 Å². The molecule has 26 heavy (non-hydrogen) atoms. The van der Waals surface area contributed by atoms with Crippen molar-refractivity contribution in [1.29, 1.82) is 0 Å². The molecule has 142 valence electrons. The Labute approximate surface area is 156 Å². The largest absolute Gasteiger partial charge is 0.455 e. The zero-order valence-corrected chi connectivity index (χ0v) is 16.7.